The molecule has 5 rings (SSSR count). The van der Waals surface area contributed by atoms with Gasteiger partial charge >= 0.3 is 0 Å². The van der Waals surface area contributed by atoms with Crippen molar-refractivity contribution in [2.75, 3.05) is 11.6 Å². The van der Waals surface area contributed by atoms with Gasteiger partial charge in [-0.1, -0.05) is 18.2 Å². The number of aromatic nitrogens is 3. The Morgan fingerprint density at radius 3 is 2.73 bits per heavy atom. The van der Waals surface area contributed by atoms with Crippen molar-refractivity contribution in [2.45, 2.75) is 19.9 Å². The van der Waals surface area contributed by atoms with Gasteiger partial charge in [-0.3, -0.25) is 19.7 Å². The molecule has 1 N–H and O–H groups in total. The fourth-order valence-corrected chi connectivity index (χ4v) is 3.79. The Bertz CT molecular complexity index is 1290. The summed E-state index contributed by atoms with van der Waals surface area (Å²) in [5, 5.41) is 3.03. The van der Waals surface area contributed by atoms with E-state index in [0.29, 0.717) is 18.0 Å². The van der Waals surface area contributed by atoms with E-state index in [1.54, 1.807) is 18.6 Å². The van der Waals surface area contributed by atoms with Crippen LogP contribution < -0.4 is 15.0 Å². The number of para-hydroxylation sites is 2. The Morgan fingerprint density at radius 1 is 1.06 bits per heavy atom. The molecule has 7 nitrogen and oxygen atoms in total. The van der Waals surface area contributed by atoms with Crippen LogP contribution in [-0.2, 0) is 0 Å². The van der Waals surface area contributed by atoms with E-state index in [1.165, 1.54) is 0 Å². The van der Waals surface area contributed by atoms with Crippen molar-refractivity contribution in [2.24, 2.45) is 0 Å². The molecule has 0 bridgehead atoms. The lowest BCUT2D eigenvalue weighted by atomic mass is 10.0. The first-order valence-electron chi connectivity index (χ1n) is 10.7. The fraction of sp³-hybridized carbons (Fsp3) is 0.154. The largest absolute Gasteiger partial charge is 0.471 e. The third kappa shape index (κ3) is 4.25. The summed E-state index contributed by atoms with van der Waals surface area (Å²) in [7, 11) is 0. The minimum absolute atomic E-state index is 0.197. The molecule has 164 valence electrons. The minimum atomic E-state index is -0.286. The quantitative estimate of drug-likeness (QED) is 0.482. The molecule has 1 atom stereocenters. The maximum absolute atomic E-state index is 13.2. The summed E-state index contributed by atoms with van der Waals surface area (Å²) >= 11 is 0. The predicted octanol–water partition coefficient (Wildman–Crippen LogP) is 4.83. The molecule has 7 heteroatoms. The van der Waals surface area contributed by atoms with E-state index in [4.69, 9.17) is 4.74 Å². The number of nitrogens with zero attached hydrogens (tertiary/aromatic N) is 4. The molecule has 0 radical (unpaired) electrons. The van der Waals surface area contributed by atoms with Crippen molar-refractivity contribution >= 4 is 17.3 Å². The molecule has 0 aliphatic carbocycles. The van der Waals surface area contributed by atoms with Gasteiger partial charge < -0.3 is 15.0 Å². The second-order valence-corrected chi connectivity index (χ2v) is 7.98. The number of hydrogen-bond acceptors (Lipinski definition) is 6. The number of ether oxygens (including phenoxy) is 1. The van der Waals surface area contributed by atoms with Crippen molar-refractivity contribution in [3.63, 3.8) is 0 Å². The second-order valence-electron chi connectivity index (χ2n) is 7.98. The third-order valence-corrected chi connectivity index (χ3v) is 5.58. The zero-order valence-electron chi connectivity index (χ0n) is 18.4. The number of carbonyl (C=O) groups excluding carboxylic acids is 1. The smallest absolute Gasteiger partial charge is 0.251 e. The highest BCUT2D eigenvalue weighted by molar-refractivity contribution is 5.97. The molecule has 0 spiro atoms. The number of nitrogens with one attached hydrogen (secondary N) is 1. The second kappa shape index (κ2) is 8.70. The number of fused-ring (bicyclic) bond motifs is 1. The number of aryl methyl sites for hydroxylation is 1. The predicted molar refractivity (Wildman–Crippen MR) is 126 cm³/mol. The van der Waals surface area contributed by atoms with Gasteiger partial charge in [-0.15, -0.1) is 0 Å². The van der Waals surface area contributed by atoms with Crippen LogP contribution in [0, 0.1) is 6.92 Å². The van der Waals surface area contributed by atoms with E-state index in [0.717, 1.165) is 33.9 Å². The maximum Gasteiger partial charge on any atom is 0.251 e. The van der Waals surface area contributed by atoms with Gasteiger partial charge in [0.15, 0.2) is 6.73 Å². The SMILES string of the molecule is Cc1ccc(-c2cc(C(=O)NC(C)c3cnccn3)cc(N3COc4ccccc43)c2)nc1. The first kappa shape index (κ1) is 20.6. The van der Waals surface area contributed by atoms with Crippen molar-refractivity contribution in [3.05, 3.63) is 96.2 Å². The lowest BCUT2D eigenvalue weighted by molar-refractivity contribution is 0.0939. The molecule has 0 fully saturated rings. The van der Waals surface area contributed by atoms with Gasteiger partial charge in [0, 0.05) is 35.4 Å². The van der Waals surface area contributed by atoms with Crippen molar-refractivity contribution < 1.29 is 9.53 Å². The summed E-state index contributed by atoms with van der Waals surface area (Å²) in [6.45, 7) is 4.26. The topological polar surface area (TPSA) is 80.2 Å². The Kier molecular flexibility index (Phi) is 5.44. The normalized spacial score (nSPS) is 13.2. The summed E-state index contributed by atoms with van der Waals surface area (Å²) in [4.78, 5) is 28.3. The number of pyridine rings is 1. The molecule has 33 heavy (non-hydrogen) atoms. The fourth-order valence-electron chi connectivity index (χ4n) is 3.79. The van der Waals surface area contributed by atoms with Crippen LogP contribution in [0.2, 0.25) is 0 Å². The number of rotatable bonds is 5. The highest BCUT2D eigenvalue weighted by Crippen LogP contribution is 2.40. The lowest BCUT2D eigenvalue weighted by Gasteiger charge is -2.20. The van der Waals surface area contributed by atoms with Gasteiger partial charge in [-0.05, 0) is 55.8 Å². The van der Waals surface area contributed by atoms with E-state index < -0.39 is 0 Å². The summed E-state index contributed by atoms with van der Waals surface area (Å²) in [6, 6.07) is 17.3. The zero-order valence-corrected chi connectivity index (χ0v) is 18.4. The van der Waals surface area contributed by atoms with E-state index in [2.05, 4.69) is 25.2 Å². The molecule has 1 amide bonds. The van der Waals surface area contributed by atoms with E-state index in [9.17, 15) is 4.79 Å². The number of benzene rings is 2. The lowest BCUT2D eigenvalue weighted by Crippen LogP contribution is -2.27. The molecule has 1 aliphatic heterocycles. The summed E-state index contributed by atoms with van der Waals surface area (Å²) < 4.78 is 5.84. The summed E-state index contributed by atoms with van der Waals surface area (Å²) in [5.41, 5.74) is 5.78. The van der Waals surface area contributed by atoms with Crippen molar-refractivity contribution in [1.29, 1.82) is 0 Å². The van der Waals surface area contributed by atoms with E-state index in [-0.39, 0.29) is 11.9 Å². The molecular formula is C26H23N5O2. The highest BCUT2D eigenvalue weighted by atomic mass is 16.5. The number of hydrogen-bond donors (Lipinski definition) is 1. The van der Waals surface area contributed by atoms with Crippen LogP contribution >= 0.6 is 0 Å². The first-order valence-corrected chi connectivity index (χ1v) is 10.7. The Labute approximate surface area is 192 Å². The molecule has 2 aromatic heterocycles. The average Bonchev–Trinajstić information content (AvgIpc) is 3.29. The molecule has 1 unspecified atom stereocenters. The van der Waals surface area contributed by atoms with Gasteiger partial charge in [-0.25, -0.2) is 0 Å². The van der Waals surface area contributed by atoms with Crippen LogP contribution in [0.4, 0.5) is 11.4 Å². The minimum Gasteiger partial charge on any atom is -0.471 e. The van der Waals surface area contributed by atoms with Crippen molar-refractivity contribution in [1.82, 2.24) is 20.3 Å². The highest BCUT2D eigenvalue weighted by Gasteiger charge is 2.23. The van der Waals surface area contributed by atoms with Gasteiger partial charge in [0.2, 0.25) is 0 Å². The number of amides is 1. The molecule has 3 heterocycles. The monoisotopic (exact) mass is 437 g/mol. The van der Waals surface area contributed by atoms with Crippen LogP contribution in [0.15, 0.2) is 79.4 Å². The molecule has 0 saturated carbocycles. The summed E-state index contributed by atoms with van der Waals surface area (Å²) in [6.07, 6.45) is 6.70. The van der Waals surface area contributed by atoms with Gasteiger partial charge in [0.05, 0.1) is 29.3 Å². The van der Waals surface area contributed by atoms with Crippen LogP contribution in [0.25, 0.3) is 11.3 Å². The molecule has 1 aliphatic rings. The zero-order chi connectivity index (χ0) is 22.8. The number of anilines is 2. The Balaban J connectivity index is 1.53. The Morgan fingerprint density at radius 2 is 1.94 bits per heavy atom. The van der Waals surface area contributed by atoms with Crippen LogP contribution in [0.5, 0.6) is 5.75 Å². The first-order chi connectivity index (χ1) is 16.1. The maximum atomic E-state index is 13.2. The van der Waals surface area contributed by atoms with Gasteiger partial charge in [0.25, 0.3) is 5.91 Å². The summed E-state index contributed by atoms with van der Waals surface area (Å²) in [5.74, 6) is 0.621. The average molecular weight is 438 g/mol. The molecule has 0 saturated heterocycles. The Hall–Kier alpha value is -4.26. The van der Waals surface area contributed by atoms with Gasteiger partial charge in [-0.2, -0.15) is 0 Å². The van der Waals surface area contributed by atoms with Crippen LogP contribution in [-0.4, -0.2) is 27.6 Å². The molecule has 4 aromatic rings. The molecular weight excluding hydrogens is 414 g/mol. The third-order valence-electron chi connectivity index (χ3n) is 5.58. The van der Waals surface area contributed by atoms with E-state index in [1.807, 2.05) is 74.6 Å². The van der Waals surface area contributed by atoms with Crippen LogP contribution in [0.3, 0.4) is 0 Å². The standard InChI is InChI=1S/C26H23N5O2/c1-17-7-8-22(29-14-17)19-11-20(26(32)30-18(2)23-15-27-9-10-28-23)13-21(12-19)31-16-33-25-6-4-3-5-24(25)31/h3-15,18H,16H2,1-2H3,(H,30,32). The van der Waals surface area contributed by atoms with E-state index >= 15 is 0 Å². The number of carbonyl (C=O) groups is 1. The van der Waals surface area contributed by atoms with Crippen molar-refractivity contribution in [3.8, 4) is 17.0 Å². The van der Waals surface area contributed by atoms with Crippen LogP contribution in [0.1, 0.15) is 34.6 Å². The van der Waals surface area contributed by atoms with Gasteiger partial charge in [0.1, 0.15) is 5.75 Å². The molecule has 2 aromatic carbocycles.